The lowest BCUT2D eigenvalue weighted by Crippen LogP contribution is -2.40. The molecule has 0 spiro atoms. The molecule has 4 nitrogen and oxygen atoms in total. The highest BCUT2D eigenvalue weighted by atomic mass is 16.5. The number of ketones is 1. The van der Waals surface area contributed by atoms with Crippen LogP contribution in [0.2, 0.25) is 0 Å². The van der Waals surface area contributed by atoms with Gasteiger partial charge >= 0.3 is 0 Å². The Morgan fingerprint density at radius 3 is 2.65 bits per heavy atom. The number of carbonyl (C=O) groups is 1. The van der Waals surface area contributed by atoms with Crippen molar-refractivity contribution in [2.45, 2.75) is 19.8 Å². The molecule has 1 fully saturated rings. The molecule has 1 aliphatic rings. The first-order chi connectivity index (χ1) is 9.67. The number of piperidine rings is 1. The minimum Gasteiger partial charge on any atom is -0.490 e. The fourth-order valence-electron chi connectivity index (χ4n) is 2.55. The monoisotopic (exact) mass is 277 g/mol. The minimum atomic E-state index is -0.286. The molecule has 0 atom stereocenters. The number of methoxy groups -OCH3 is 1. The van der Waals surface area contributed by atoms with Crippen LogP contribution in [0.1, 0.15) is 30.1 Å². The second-order valence-corrected chi connectivity index (χ2v) is 5.48. The largest absolute Gasteiger partial charge is 0.490 e. The lowest BCUT2D eigenvalue weighted by Gasteiger charge is -2.33. The Morgan fingerprint density at radius 2 is 1.95 bits per heavy atom. The van der Waals surface area contributed by atoms with Gasteiger partial charge < -0.3 is 14.8 Å². The van der Waals surface area contributed by atoms with Crippen LogP contribution in [0.25, 0.3) is 0 Å². The van der Waals surface area contributed by atoms with E-state index in [2.05, 4.69) is 12.2 Å². The van der Waals surface area contributed by atoms with Gasteiger partial charge in [0, 0.05) is 12.5 Å². The van der Waals surface area contributed by atoms with Crippen molar-refractivity contribution in [1.82, 2.24) is 5.32 Å². The van der Waals surface area contributed by atoms with Crippen molar-refractivity contribution in [3.05, 3.63) is 29.8 Å². The zero-order chi connectivity index (χ0) is 14.4. The highest BCUT2D eigenvalue weighted by Crippen LogP contribution is 2.34. The van der Waals surface area contributed by atoms with E-state index in [4.69, 9.17) is 9.47 Å². The summed E-state index contributed by atoms with van der Waals surface area (Å²) in [6.45, 7) is 4.83. The lowest BCUT2D eigenvalue weighted by molar-refractivity contribution is 0.0755. The van der Waals surface area contributed by atoms with E-state index in [1.54, 1.807) is 7.11 Å². The molecular formula is C16H23NO3. The summed E-state index contributed by atoms with van der Waals surface area (Å²) in [6, 6.07) is 7.50. The minimum absolute atomic E-state index is 0.187. The lowest BCUT2D eigenvalue weighted by atomic mass is 9.75. The molecule has 1 saturated heterocycles. The van der Waals surface area contributed by atoms with Crippen LogP contribution in [0.3, 0.4) is 0 Å². The molecule has 1 aromatic rings. The Kier molecular flexibility index (Phi) is 5.15. The summed E-state index contributed by atoms with van der Waals surface area (Å²) in [6.07, 6.45) is 1.75. The molecule has 0 radical (unpaired) electrons. The van der Waals surface area contributed by atoms with Gasteiger partial charge in [-0.25, -0.2) is 0 Å². The van der Waals surface area contributed by atoms with Crippen molar-refractivity contribution in [3.63, 3.8) is 0 Å². The molecule has 4 heteroatoms. The van der Waals surface area contributed by atoms with Crippen molar-refractivity contribution in [2.24, 2.45) is 5.41 Å². The first kappa shape index (κ1) is 15.0. The maximum Gasteiger partial charge on any atom is 0.172 e. The third-order valence-corrected chi connectivity index (χ3v) is 3.93. The first-order valence-electron chi connectivity index (χ1n) is 7.14. The van der Waals surface area contributed by atoms with Crippen molar-refractivity contribution in [1.29, 1.82) is 0 Å². The van der Waals surface area contributed by atoms with E-state index in [0.29, 0.717) is 24.5 Å². The zero-order valence-electron chi connectivity index (χ0n) is 12.3. The van der Waals surface area contributed by atoms with E-state index < -0.39 is 0 Å². The van der Waals surface area contributed by atoms with Gasteiger partial charge in [0.05, 0.1) is 12.2 Å². The fourth-order valence-corrected chi connectivity index (χ4v) is 2.55. The predicted molar refractivity (Wildman–Crippen MR) is 78.4 cm³/mol. The summed E-state index contributed by atoms with van der Waals surface area (Å²) in [4.78, 5) is 12.8. The number of benzene rings is 1. The summed E-state index contributed by atoms with van der Waals surface area (Å²) in [5.74, 6) is 0.848. The van der Waals surface area contributed by atoms with E-state index >= 15 is 0 Å². The number of ether oxygens (including phenoxy) is 2. The Morgan fingerprint density at radius 1 is 1.25 bits per heavy atom. The van der Waals surface area contributed by atoms with Gasteiger partial charge in [-0.3, -0.25) is 4.79 Å². The van der Waals surface area contributed by atoms with E-state index in [-0.39, 0.29) is 11.2 Å². The van der Waals surface area contributed by atoms with Gasteiger partial charge in [-0.2, -0.15) is 0 Å². The average Bonchev–Trinajstić information content (AvgIpc) is 2.48. The molecule has 2 rings (SSSR count). The molecule has 1 heterocycles. The molecule has 1 N–H and O–H groups in total. The second-order valence-electron chi connectivity index (χ2n) is 5.48. The Labute approximate surface area is 120 Å². The van der Waals surface area contributed by atoms with Crippen molar-refractivity contribution in [3.8, 4) is 5.75 Å². The molecule has 110 valence electrons. The molecule has 1 aromatic carbocycles. The molecule has 0 amide bonds. The predicted octanol–water partition coefficient (Wildman–Crippen LogP) is 2.28. The van der Waals surface area contributed by atoms with Crippen LogP contribution in [0.15, 0.2) is 24.3 Å². The summed E-state index contributed by atoms with van der Waals surface area (Å²) >= 11 is 0. The SMILES string of the molecule is COCCOc1ccccc1C(=O)C1(C)CCNCC1. The van der Waals surface area contributed by atoms with Gasteiger partial charge in [-0.05, 0) is 38.1 Å². The van der Waals surface area contributed by atoms with Crippen molar-refractivity contribution in [2.75, 3.05) is 33.4 Å². The van der Waals surface area contributed by atoms with Gasteiger partial charge in [0.15, 0.2) is 5.78 Å². The van der Waals surface area contributed by atoms with Crippen LogP contribution in [0.4, 0.5) is 0 Å². The maximum absolute atomic E-state index is 12.8. The molecule has 0 saturated carbocycles. The molecular weight excluding hydrogens is 254 g/mol. The summed E-state index contributed by atoms with van der Waals surface area (Å²) in [5.41, 5.74) is 0.402. The average molecular weight is 277 g/mol. The van der Waals surface area contributed by atoms with Gasteiger partial charge in [0.2, 0.25) is 0 Å². The molecule has 1 aliphatic heterocycles. The van der Waals surface area contributed by atoms with Gasteiger partial charge in [-0.1, -0.05) is 19.1 Å². The summed E-state index contributed by atoms with van der Waals surface area (Å²) in [7, 11) is 1.64. The van der Waals surface area contributed by atoms with E-state index in [1.165, 1.54) is 0 Å². The molecule has 20 heavy (non-hydrogen) atoms. The number of rotatable bonds is 6. The van der Waals surface area contributed by atoms with Crippen LogP contribution in [0.5, 0.6) is 5.75 Å². The van der Waals surface area contributed by atoms with Crippen LogP contribution in [0, 0.1) is 5.41 Å². The highest BCUT2D eigenvalue weighted by Gasteiger charge is 2.36. The highest BCUT2D eigenvalue weighted by molar-refractivity contribution is 6.02. The van der Waals surface area contributed by atoms with E-state index in [1.807, 2.05) is 24.3 Å². The third kappa shape index (κ3) is 3.38. The van der Waals surface area contributed by atoms with Crippen LogP contribution >= 0.6 is 0 Å². The number of nitrogens with one attached hydrogen (secondary N) is 1. The van der Waals surface area contributed by atoms with E-state index in [0.717, 1.165) is 25.9 Å². The Balaban J connectivity index is 2.16. The van der Waals surface area contributed by atoms with Gasteiger partial charge in [-0.15, -0.1) is 0 Å². The van der Waals surface area contributed by atoms with E-state index in [9.17, 15) is 4.79 Å². The van der Waals surface area contributed by atoms with Crippen LogP contribution in [-0.2, 0) is 4.74 Å². The number of para-hydroxylation sites is 1. The first-order valence-corrected chi connectivity index (χ1v) is 7.14. The van der Waals surface area contributed by atoms with Crippen molar-refractivity contribution >= 4 is 5.78 Å². The maximum atomic E-state index is 12.8. The number of hydrogen-bond acceptors (Lipinski definition) is 4. The smallest absolute Gasteiger partial charge is 0.172 e. The third-order valence-electron chi connectivity index (χ3n) is 3.93. The summed E-state index contributed by atoms with van der Waals surface area (Å²) < 4.78 is 10.7. The standard InChI is InChI=1S/C16H23NO3/c1-16(7-9-17-10-8-16)15(18)13-5-3-4-6-14(13)20-12-11-19-2/h3-6,17H,7-12H2,1-2H3. The quantitative estimate of drug-likeness (QED) is 0.640. The number of carbonyl (C=O) groups excluding carboxylic acids is 1. The topological polar surface area (TPSA) is 47.6 Å². The Hall–Kier alpha value is -1.39. The van der Waals surface area contributed by atoms with Crippen molar-refractivity contribution < 1.29 is 14.3 Å². The number of hydrogen-bond donors (Lipinski definition) is 1. The van der Waals surface area contributed by atoms with Gasteiger partial charge in [0.1, 0.15) is 12.4 Å². The number of Topliss-reactive ketones (excluding diaryl/α,β-unsaturated/α-hetero) is 1. The molecule has 0 unspecified atom stereocenters. The zero-order valence-corrected chi connectivity index (χ0v) is 12.3. The Bertz CT molecular complexity index is 453. The fraction of sp³-hybridized carbons (Fsp3) is 0.562. The summed E-state index contributed by atoms with van der Waals surface area (Å²) in [5, 5.41) is 3.30. The van der Waals surface area contributed by atoms with Gasteiger partial charge in [0.25, 0.3) is 0 Å². The van der Waals surface area contributed by atoms with Crippen LogP contribution in [-0.4, -0.2) is 39.2 Å². The normalized spacial score (nSPS) is 17.7. The molecule has 0 aromatic heterocycles. The second kappa shape index (κ2) is 6.86. The van der Waals surface area contributed by atoms with Crippen LogP contribution < -0.4 is 10.1 Å². The molecule has 0 bridgehead atoms. The molecule has 0 aliphatic carbocycles.